The highest BCUT2D eigenvalue weighted by molar-refractivity contribution is 6.12. The molecule has 2 aliphatic rings. The molecule has 1 heterocycles. The van der Waals surface area contributed by atoms with E-state index in [1.165, 1.54) is 0 Å². The standard InChI is InChI=1S/C25H29N5O3/c1-16(26)3-2-10-25(23-13-24(33)30-29-23)21-8-6-19(27-14-31)11-17(21)4-5-18-12-20(28-15-32)7-9-22(18)25/h6-9,11-12,14-16H,2-5,10,13,26H2,1H3,(H,27,31)(H,28,32)(H,30,33)/t16-/m0/s1. The third kappa shape index (κ3) is 4.39. The van der Waals surface area contributed by atoms with Crippen molar-refractivity contribution >= 4 is 35.8 Å². The highest BCUT2D eigenvalue weighted by Crippen LogP contribution is 2.47. The number of nitrogens with zero attached hydrogens (tertiary/aromatic N) is 1. The Morgan fingerprint density at radius 2 is 1.64 bits per heavy atom. The number of nitrogens with one attached hydrogen (secondary N) is 3. The Bertz CT molecular complexity index is 1050. The molecule has 0 aromatic heterocycles. The molecule has 0 bridgehead atoms. The summed E-state index contributed by atoms with van der Waals surface area (Å²) < 4.78 is 0. The highest BCUT2D eigenvalue weighted by atomic mass is 16.2. The first-order valence-corrected chi connectivity index (χ1v) is 11.3. The minimum Gasteiger partial charge on any atom is -0.329 e. The van der Waals surface area contributed by atoms with Gasteiger partial charge < -0.3 is 16.4 Å². The zero-order chi connectivity index (χ0) is 23.4. The van der Waals surface area contributed by atoms with Crippen molar-refractivity contribution in [3.8, 4) is 0 Å². The molecule has 0 saturated heterocycles. The third-order valence-corrected chi connectivity index (χ3v) is 6.59. The number of hydrogen-bond acceptors (Lipinski definition) is 5. The number of carbonyl (C=O) groups excluding carboxylic acids is 3. The molecule has 1 aliphatic heterocycles. The van der Waals surface area contributed by atoms with Crippen LogP contribution >= 0.6 is 0 Å². The summed E-state index contributed by atoms with van der Waals surface area (Å²) in [5.74, 6) is -0.123. The summed E-state index contributed by atoms with van der Waals surface area (Å²) in [5, 5.41) is 10.00. The number of benzene rings is 2. The van der Waals surface area contributed by atoms with E-state index in [1.807, 2.05) is 43.3 Å². The summed E-state index contributed by atoms with van der Waals surface area (Å²) >= 11 is 0. The average Bonchev–Trinajstić information content (AvgIpc) is 3.17. The Balaban J connectivity index is 1.94. The molecule has 3 amide bonds. The molecular weight excluding hydrogens is 418 g/mol. The number of rotatable bonds is 9. The van der Waals surface area contributed by atoms with Crippen LogP contribution in [0.15, 0.2) is 41.5 Å². The Morgan fingerprint density at radius 1 is 1.06 bits per heavy atom. The fourth-order valence-electron chi connectivity index (χ4n) is 5.18. The van der Waals surface area contributed by atoms with Crippen molar-refractivity contribution in [1.82, 2.24) is 5.43 Å². The number of anilines is 2. The van der Waals surface area contributed by atoms with Crippen molar-refractivity contribution in [3.05, 3.63) is 58.7 Å². The summed E-state index contributed by atoms with van der Waals surface area (Å²) in [5.41, 5.74) is 14.7. The number of hydrazone groups is 1. The van der Waals surface area contributed by atoms with Gasteiger partial charge in [-0.25, -0.2) is 5.43 Å². The third-order valence-electron chi connectivity index (χ3n) is 6.59. The molecule has 33 heavy (non-hydrogen) atoms. The second-order valence-corrected chi connectivity index (χ2v) is 8.81. The van der Waals surface area contributed by atoms with Crippen LogP contribution in [0.1, 0.15) is 54.9 Å². The van der Waals surface area contributed by atoms with Crippen molar-refractivity contribution in [2.24, 2.45) is 10.8 Å². The predicted molar refractivity (Wildman–Crippen MR) is 128 cm³/mol. The second kappa shape index (κ2) is 9.54. The van der Waals surface area contributed by atoms with Crippen LogP contribution in [0, 0.1) is 0 Å². The molecule has 1 atom stereocenters. The molecule has 1 aliphatic carbocycles. The maximum Gasteiger partial charge on any atom is 0.245 e. The molecular formula is C25H29N5O3. The molecule has 0 fully saturated rings. The Kier molecular flexibility index (Phi) is 6.55. The Labute approximate surface area is 193 Å². The van der Waals surface area contributed by atoms with Gasteiger partial charge in [-0.3, -0.25) is 14.4 Å². The lowest BCUT2D eigenvalue weighted by molar-refractivity contribution is -0.119. The van der Waals surface area contributed by atoms with Crippen LogP contribution in [0.4, 0.5) is 11.4 Å². The van der Waals surface area contributed by atoms with Gasteiger partial charge in [0.15, 0.2) is 0 Å². The van der Waals surface area contributed by atoms with E-state index in [0.29, 0.717) is 12.8 Å². The molecule has 0 radical (unpaired) electrons. The van der Waals surface area contributed by atoms with Gasteiger partial charge in [0.05, 0.1) is 17.5 Å². The molecule has 0 saturated carbocycles. The van der Waals surface area contributed by atoms with E-state index < -0.39 is 5.41 Å². The average molecular weight is 448 g/mol. The van der Waals surface area contributed by atoms with E-state index in [2.05, 4.69) is 21.2 Å². The topological polar surface area (TPSA) is 126 Å². The zero-order valence-corrected chi connectivity index (χ0v) is 18.7. The monoisotopic (exact) mass is 447 g/mol. The molecule has 2 aromatic carbocycles. The smallest absolute Gasteiger partial charge is 0.245 e. The van der Waals surface area contributed by atoms with Crippen LogP contribution in [-0.2, 0) is 32.6 Å². The first-order chi connectivity index (χ1) is 16.0. The van der Waals surface area contributed by atoms with E-state index in [4.69, 9.17) is 5.73 Å². The first kappa shape index (κ1) is 22.7. The van der Waals surface area contributed by atoms with Gasteiger partial charge in [-0.05, 0) is 79.1 Å². The number of fused-ring (bicyclic) bond motifs is 2. The van der Waals surface area contributed by atoms with Gasteiger partial charge in [0, 0.05) is 17.4 Å². The fourth-order valence-corrected chi connectivity index (χ4v) is 5.18. The van der Waals surface area contributed by atoms with Gasteiger partial charge in [-0.2, -0.15) is 5.10 Å². The van der Waals surface area contributed by atoms with Gasteiger partial charge >= 0.3 is 0 Å². The molecule has 5 N–H and O–H groups in total. The van der Waals surface area contributed by atoms with Crippen molar-refractivity contribution < 1.29 is 14.4 Å². The van der Waals surface area contributed by atoms with Crippen LogP contribution in [-0.4, -0.2) is 30.5 Å². The van der Waals surface area contributed by atoms with E-state index in [-0.39, 0.29) is 18.4 Å². The molecule has 2 aromatic rings. The number of amides is 3. The van der Waals surface area contributed by atoms with Gasteiger partial charge in [0.2, 0.25) is 18.7 Å². The number of hydrogen-bond donors (Lipinski definition) is 4. The predicted octanol–water partition coefficient (Wildman–Crippen LogP) is 2.60. The molecule has 0 spiro atoms. The summed E-state index contributed by atoms with van der Waals surface area (Å²) in [4.78, 5) is 34.4. The minimum absolute atomic E-state index is 0.0652. The molecule has 8 nitrogen and oxygen atoms in total. The fraction of sp³-hybridized carbons (Fsp3) is 0.360. The molecule has 172 valence electrons. The Hall–Kier alpha value is -3.52. The normalized spacial score (nSPS) is 17.0. The lowest BCUT2D eigenvalue weighted by Gasteiger charge is -2.37. The summed E-state index contributed by atoms with van der Waals surface area (Å²) in [6.45, 7) is 1.99. The van der Waals surface area contributed by atoms with E-state index in [0.717, 1.165) is 71.4 Å². The van der Waals surface area contributed by atoms with E-state index in [9.17, 15) is 14.4 Å². The molecule has 4 rings (SSSR count). The van der Waals surface area contributed by atoms with Crippen LogP contribution < -0.4 is 21.8 Å². The van der Waals surface area contributed by atoms with Crippen LogP contribution in [0.5, 0.6) is 0 Å². The SMILES string of the molecule is C[C@H](N)CCCC1(C2=NNC(=O)C2)c2ccc(NC=O)cc2CCc2cc(NC=O)ccc21. The number of aryl methyl sites for hydroxylation is 2. The van der Waals surface area contributed by atoms with Crippen molar-refractivity contribution in [1.29, 1.82) is 0 Å². The van der Waals surface area contributed by atoms with Crippen LogP contribution in [0.3, 0.4) is 0 Å². The summed E-state index contributed by atoms with van der Waals surface area (Å²) in [6.07, 6.45) is 5.51. The highest BCUT2D eigenvalue weighted by Gasteiger charge is 2.45. The van der Waals surface area contributed by atoms with Crippen molar-refractivity contribution in [2.75, 3.05) is 10.6 Å². The maximum atomic E-state index is 12.3. The van der Waals surface area contributed by atoms with E-state index >= 15 is 0 Å². The van der Waals surface area contributed by atoms with Gasteiger partial charge in [0.25, 0.3) is 0 Å². The van der Waals surface area contributed by atoms with Gasteiger partial charge in [-0.1, -0.05) is 18.6 Å². The maximum absolute atomic E-state index is 12.3. The lowest BCUT2D eigenvalue weighted by atomic mass is 9.65. The zero-order valence-electron chi connectivity index (χ0n) is 18.7. The largest absolute Gasteiger partial charge is 0.329 e. The van der Waals surface area contributed by atoms with Gasteiger partial charge in [-0.15, -0.1) is 0 Å². The summed E-state index contributed by atoms with van der Waals surface area (Å²) in [7, 11) is 0. The van der Waals surface area contributed by atoms with Crippen LogP contribution in [0.25, 0.3) is 0 Å². The quantitative estimate of drug-likeness (QED) is 0.441. The minimum atomic E-state index is -0.616. The van der Waals surface area contributed by atoms with Crippen molar-refractivity contribution in [3.63, 3.8) is 0 Å². The second-order valence-electron chi connectivity index (χ2n) is 8.81. The van der Waals surface area contributed by atoms with Crippen molar-refractivity contribution in [2.45, 2.75) is 56.9 Å². The Morgan fingerprint density at radius 3 is 2.09 bits per heavy atom. The first-order valence-electron chi connectivity index (χ1n) is 11.3. The molecule has 8 heteroatoms. The number of nitrogens with two attached hydrogens (primary N) is 1. The summed E-state index contributed by atoms with van der Waals surface area (Å²) in [6, 6.07) is 12.0. The van der Waals surface area contributed by atoms with Crippen LogP contribution in [0.2, 0.25) is 0 Å². The van der Waals surface area contributed by atoms with Gasteiger partial charge in [0.1, 0.15) is 0 Å². The molecule has 0 unspecified atom stereocenters. The number of carbonyl (C=O) groups is 3. The van der Waals surface area contributed by atoms with E-state index in [1.54, 1.807) is 0 Å². The lowest BCUT2D eigenvalue weighted by Crippen LogP contribution is -2.38.